The van der Waals surface area contributed by atoms with Crippen LogP contribution in [0.15, 0.2) is 35.3 Å². The first-order valence-electron chi connectivity index (χ1n) is 6.51. The van der Waals surface area contributed by atoms with Gasteiger partial charge in [0, 0.05) is 22.5 Å². The van der Waals surface area contributed by atoms with E-state index < -0.39 is 5.97 Å². The van der Waals surface area contributed by atoms with E-state index in [1.807, 2.05) is 31.2 Å². The number of hydrogen-bond acceptors (Lipinski definition) is 3. The average Bonchev–Trinajstić information content (AvgIpc) is 2.91. The molecule has 2 N–H and O–H groups in total. The maximum atomic E-state index is 12.1. The smallest absolute Gasteiger partial charge is 0.340 e. The zero-order chi connectivity index (χ0) is 14.1. The second-order valence-corrected chi connectivity index (χ2v) is 4.59. The number of H-pyrrole nitrogens is 2. The Bertz CT molecular complexity index is 845. The SMILES string of the molecule is CCCOC(=O)c1c[nH]c2c(=O)[nH]c3ccccc3c12. The van der Waals surface area contributed by atoms with Gasteiger partial charge >= 0.3 is 5.97 Å². The van der Waals surface area contributed by atoms with E-state index in [-0.39, 0.29) is 5.56 Å². The van der Waals surface area contributed by atoms with Crippen LogP contribution in [-0.2, 0) is 4.74 Å². The molecule has 102 valence electrons. The zero-order valence-corrected chi connectivity index (χ0v) is 11.0. The van der Waals surface area contributed by atoms with Crippen molar-refractivity contribution < 1.29 is 9.53 Å². The minimum atomic E-state index is -0.408. The van der Waals surface area contributed by atoms with Gasteiger partial charge in [0.2, 0.25) is 0 Å². The first-order valence-corrected chi connectivity index (χ1v) is 6.51. The third-order valence-corrected chi connectivity index (χ3v) is 3.21. The van der Waals surface area contributed by atoms with Gasteiger partial charge in [-0.25, -0.2) is 4.79 Å². The van der Waals surface area contributed by atoms with E-state index in [1.165, 1.54) is 6.20 Å². The summed E-state index contributed by atoms with van der Waals surface area (Å²) in [5.41, 5.74) is 1.25. The Kier molecular flexibility index (Phi) is 3.02. The minimum Gasteiger partial charge on any atom is -0.462 e. The second kappa shape index (κ2) is 4.85. The van der Waals surface area contributed by atoms with E-state index in [4.69, 9.17) is 4.74 Å². The number of rotatable bonds is 3. The van der Waals surface area contributed by atoms with Crippen LogP contribution in [0.4, 0.5) is 0 Å². The third-order valence-electron chi connectivity index (χ3n) is 3.21. The van der Waals surface area contributed by atoms with Crippen LogP contribution in [0.25, 0.3) is 21.8 Å². The summed E-state index contributed by atoms with van der Waals surface area (Å²) in [7, 11) is 0. The standard InChI is InChI=1S/C15H14N2O3/c1-2-7-20-15(19)10-8-16-13-12(10)9-5-3-4-6-11(9)17-14(13)18/h3-6,8,16H,2,7H2,1H3,(H,17,18). The quantitative estimate of drug-likeness (QED) is 0.718. The molecule has 0 aliphatic rings. The van der Waals surface area contributed by atoms with E-state index in [1.54, 1.807) is 0 Å². The number of carbonyl (C=O) groups excluding carboxylic acids is 1. The van der Waals surface area contributed by atoms with E-state index in [0.717, 1.165) is 11.8 Å². The normalized spacial score (nSPS) is 11.1. The van der Waals surface area contributed by atoms with Gasteiger partial charge in [0.1, 0.15) is 5.52 Å². The van der Waals surface area contributed by atoms with Crippen LogP contribution in [0.2, 0.25) is 0 Å². The van der Waals surface area contributed by atoms with Crippen LogP contribution in [0.5, 0.6) is 0 Å². The number of para-hydroxylation sites is 1. The van der Waals surface area contributed by atoms with Gasteiger partial charge in [0.25, 0.3) is 5.56 Å². The number of aromatic nitrogens is 2. The van der Waals surface area contributed by atoms with Crippen molar-refractivity contribution in [3.05, 3.63) is 46.4 Å². The van der Waals surface area contributed by atoms with E-state index in [2.05, 4.69) is 9.97 Å². The predicted molar refractivity (Wildman–Crippen MR) is 77.0 cm³/mol. The third kappa shape index (κ3) is 1.87. The Labute approximate surface area is 114 Å². The molecule has 0 saturated carbocycles. The van der Waals surface area contributed by atoms with Gasteiger partial charge in [0.15, 0.2) is 0 Å². The summed E-state index contributed by atoms with van der Waals surface area (Å²) < 4.78 is 5.16. The lowest BCUT2D eigenvalue weighted by molar-refractivity contribution is 0.0507. The fourth-order valence-electron chi connectivity index (χ4n) is 2.31. The van der Waals surface area contributed by atoms with Gasteiger partial charge in [-0.15, -0.1) is 0 Å². The Morgan fingerprint density at radius 3 is 2.90 bits per heavy atom. The van der Waals surface area contributed by atoms with Crippen molar-refractivity contribution >= 4 is 27.8 Å². The molecule has 2 heterocycles. The molecule has 0 spiro atoms. The Morgan fingerprint density at radius 2 is 2.10 bits per heavy atom. The summed E-state index contributed by atoms with van der Waals surface area (Å²) >= 11 is 0. The molecule has 3 rings (SSSR count). The molecule has 0 aliphatic heterocycles. The van der Waals surface area contributed by atoms with E-state index in [9.17, 15) is 9.59 Å². The highest BCUT2D eigenvalue weighted by Crippen LogP contribution is 2.24. The van der Waals surface area contributed by atoms with Gasteiger partial charge in [0.05, 0.1) is 12.2 Å². The zero-order valence-electron chi connectivity index (χ0n) is 11.0. The highest BCUT2D eigenvalue weighted by atomic mass is 16.5. The molecular weight excluding hydrogens is 256 g/mol. The number of aromatic amines is 2. The summed E-state index contributed by atoms with van der Waals surface area (Å²) in [6.45, 7) is 2.30. The number of benzene rings is 1. The Balaban J connectivity index is 2.29. The molecule has 5 heteroatoms. The van der Waals surface area contributed by atoms with Gasteiger partial charge in [-0.2, -0.15) is 0 Å². The van der Waals surface area contributed by atoms with Crippen LogP contribution in [0.3, 0.4) is 0 Å². The van der Waals surface area contributed by atoms with Crippen molar-refractivity contribution in [3.63, 3.8) is 0 Å². The van der Waals surface area contributed by atoms with E-state index >= 15 is 0 Å². The van der Waals surface area contributed by atoms with Crippen LogP contribution >= 0.6 is 0 Å². The number of fused-ring (bicyclic) bond motifs is 3. The summed E-state index contributed by atoms with van der Waals surface area (Å²) in [5, 5.41) is 1.44. The molecule has 2 aromatic heterocycles. The topological polar surface area (TPSA) is 75.0 Å². The fourth-order valence-corrected chi connectivity index (χ4v) is 2.31. The van der Waals surface area contributed by atoms with Crippen molar-refractivity contribution in [1.29, 1.82) is 0 Å². The lowest BCUT2D eigenvalue weighted by Gasteiger charge is -2.04. The lowest BCUT2D eigenvalue weighted by atomic mass is 10.1. The molecule has 0 amide bonds. The fraction of sp³-hybridized carbons (Fsp3) is 0.200. The minimum absolute atomic E-state index is 0.242. The van der Waals surface area contributed by atoms with Crippen molar-refractivity contribution in [3.8, 4) is 0 Å². The number of hydrogen-bond donors (Lipinski definition) is 2. The van der Waals surface area contributed by atoms with Crippen LogP contribution < -0.4 is 5.56 Å². The second-order valence-electron chi connectivity index (χ2n) is 4.59. The number of nitrogens with one attached hydrogen (secondary N) is 2. The molecule has 3 aromatic rings. The van der Waals surface area contributed by atoms with Crippen molar-refractivity contribution in [2.45, 2.75) is 13.3 Å². The summed E-state index contributed by atoms with van der Waals surface area (Å²) in [4.78, 5) is 29.7. The molecule has 0 aliphatic carbocycles. The molecule has 5 nitrogen and oxygen atoms in total. The number of esters is 1. The Hall–Kier alpha value is -2.56. The molecule has 0 fully saturated rings. The predicted octanol–water partition coefficient (Wildman–Crippen LogP) is 2.58. The van der Waals surface area contributed by atoms with Crippen LogP contribution in [-0.4, -0.2) is 22.5 Å². The molecule has 0 radical (unpaired) electrons. The molecule has 0 saturated heterocycles. The lowest BCUT2D eigenvalue weighted by Crippen LogP contribution is -2.08. The maximum Gasteiger partial charge on any atom is 0.340 e. The monoisotopic (exact) mass is 270 g/mol. The highest BCUT2D eigenvalue weighted by molar-refractivity contribution is 6.14. The summed E-state index contributed by atoms with van der Waals surface area (Å²) in [5.74, 6) is -0.408. The molecule has 1 aromatic carbocycles. The molecule has 0 bridgehead atoms. The number of ether oxygens (including phenoxy) is 1. The number of carbonyl (C=O) groups is 1. The molecule has 20 heavy (non-hydrogen) atoms. The number of pyridine rings is 1. The largest absolute Gasteiger partial charge is 0.462 e. The van der Waals surface area contributed by atoms with Crippen LogP contribution in [0.1, 0.15) is 23.7 Å². The first-order chi connectivity index (χ1) is 9.72. The van der Waals surface area contributed by atoms with Crippen molar-refractivity contribution in [1.82, 2.24) is 9.97 Å². The van der Waals surface area contributed by atoms with Crippen LogP contribution in [0, 0.1) is 0 Å². The maximum absolute atomic E-state index is 12.1. The molecule has 0 unspecified atom stereocenters. The van der Waals surface area contributed by atoms with Gasteiger partial charge in [-0.3, -0.25) is 4.79 Å². The summed E-state index contributed by atoms with van der Waals surface area (Å²) in [6, 6.07) is 7.39. The average molecular weight is 270 g/mol. The van der Waals surface area contributed by atoms with Crippen molar-refractivity contribution in [2.75, 3.05) is 6.61 Å². The van der Waals surface area contributed by atoms with Gasteiger partial charge in [-0.1, -0.05) is 25.1 Å². The Morgan fingerprint density at radius 1 is 1.30 bits per heavy atom. The molecular formula is C15H14N2O3. The van der Waals surface area contributed by atoms with Crippen molar-refractivity contribution in [2.24, 2.45) is 0 Å². The van der Waals surface area contributed by atoms with Gasteiger partial charge in [-0.05, 0) is 12.5 Å². The van der Waals surface area contributed by atoms with Gasteiger partial charge < -0.3 is 14.7 Å². The molecule has 0 atom stereocenters. The highest BCUT2D eigenvalue weighted by Gasteiger charge is 2.17. The van der Waals surface area contributed by atoms with E-state index in [0.29, 0.717) is 28.6 Å². The summed E-state index contributed by atoms with van der Waals surface area (Å²) in [6.07, 6.45) is 2.29. The first kappa shape index (κ1) is 12.5.